The molecule has 0 aliphatic carbocycles. The monoisotopic (exact) mass is 382 g/mol. The van der Waals surface area contributed by atoms with Crippen LogP contribution in [0, 0.1) is 11.6 Å². The minimum atomic E-state index is -1.01. The average Bonchev–Trinajstić information content (AvgIpc) is 2.51. The second kappa shape index (κ2) is 7.70. The Morgan fingerprint density at radius 1 is 1.00 bits per heavy atom. The zero-order valence-electron chi connectivity index (χ0n) is 14.3. The number of hydrogen-bond donors (Lipinski definition) is 2. The molecule has 0 aliphatic heterocycles. The van der Waals surface area contributed by atoms with Crippen molar-refractivity contribution in [1.29, 1.82) is 0 Å². The van der Waals surface area contributed by atoms with Crippen molar-refractivity contribution in [1.82, 2.24) is 0 Å². The Bertz CT molecular complexity index is 834. The van der Waals surface area contributed by atoms with Crippen LogP contribution in [-0.4, -0.2) is 17.6 Å². The lowest BCUT2D eigenvalue weighted by Gasteiger charge is -2.20. The molecule has 0 spiro atoms. The first-order chi connectivity index (χ1) is 12.1. The molecular weight excluding hydrogens is 366 g/mol. The molecule has 2 N–H and O–H groups in total. The van der Waals surface area contributed by atoms with Crippen molar-refractivity contribution in [3.8, 4) is 0 Å². The van der Waals surface area contributed by atoms with Gasteiger partial charge in [0, 0.05) is 5.69 Å². The highest BCUT2D eigenvalue weighted by atomic mass is 35.5. The summed E-state index contributed by atoms with van der Waals surface area (Å²) in [5.41, 5.74) is -1.22. The number of halogens is 3. The van der Waals surface area contributed by atoms with E-state index in [1.807, 2.05) is 0 Å². The van der Waals surface area contributed by atoms with Gasteiger partial charge in [-0.15, -0.1) is 0 Å². The van der Waals surface area contributed by atoms with Crippen LogP contribution in [0.5, 0.6) is 0 Å². The van der Waals surface area contributed by atoms with E-state index in [1.165, 1.54) is 24.3 Å². The SMILES string of the molecule is CC(C)(C)OC(=O)Nc1ccc(Cl)c(C(=O)Nc2ccc(F)cc2)c1F. The van der Waals surface area contributed by atoms with Gasteiger partial charge in [-0.1, -0.05) is 11.6 Å². The second-order valence-electron chi connectivity index (χ2n) is 6.37. The molecule has 0 unspecified atom stereocenters. The standard InChI is InChI=1S/C18H17ClF2N2O3/c1-18(2,3)26-17(25)23-13-9-8-12(19)14(15(13)21)16(24)22-11-6-4-10(20)5-7-11/h4-9H,1-3H3,(H,22,24)(H,23,25). The number of hydrogen-bond acceptors (Lipinski definition) is 3. The number of rotatable bonds is 3. The van der Waals surface area contributed by atoms with Crippen LogP contribution in [0.2, 0.25) is 5.02 Å². The summed E-state index contributed by atoms with van der Waals surface area (Å²) in [5, 5.41) is 4.51. The van der Waals surface area contributed by atoms with E-state index in [2.05, 4.69) is 10.6 Å². The molecule has 26 heavy (non-hydrogen) atoms. The average molecular weight is 383 g/mol. The van der Waals surface area contributed by atoms with Crippen LogP contribution in [0.15, 0.2) is 36.4 Å². The maximum atomic E-state index is 14.7. The van der Waals surface area contributed by atoms with Gasteiger partial charge >= 0.3 is 6.09 Å². The molecule has 0 aromatic heterocycles. The number of amides is 2. The number of ether oxygens (including phenoxy) is 1. The predicted molar refractivity (Wildman–Crippen MR) is 95.6 cm³/mol. The van der Waals surface area contributed by atoms with Crippen LogP contribution in [0.3, 0.4) is 0 Å². The Hall–Kier alpha value is -2.67. The quantitative estimate of drug-likeness (QED) is 0.765. The van der Waals surface area contributed by atoms with Crippen LogP contribution in [-0.2, 0) is 4.74 Å². The molecule has 0 fully saturated rings. The molecule has 5 nitrogen and oxygen atoms in total. The van der Waals surface area contributed by atoms with E-state index in [-0.39, 0.29) is 16.4 Å². The summed E-state index contributed by atoms with van der Waals surface area (Å²) in [5.74, 6) is -2.33. The number of nitrogens with one attached hydrogen (secondary N) is 2. The molecule has 0 heterocycles. The predicted octanol–water partition coefficient (Wildman–Crippen LogP) is 5.22. The molecular formula is C18H17ClF2N2O3. The highest BCUT2D eigenvalue weighted by molar-refractivity contribution is 6.34. The Morgan fingerprint density at radius 3 is 2.19 bits per heavy atom. The largest absolute Gasteiger partial charge is 0.444 e. The van der Waals surface area contributed by atoms with Crippen molar-refractivity contribution in [2.45, 2.75) is 26.4 Å². The summed E-state index contributed by atoms with van der Waals surface area (Å²) in [6.45, 7) is 4.98. The summed E-state index contributed by atoms with van der Waals surface area (Å²) < 4.78 is 32.6. The Labute approximate surface area is 154 Å². The Balaban J connectivity index is 2.24. The van der Waals surface area contributed by atoms with E-state index in [0.717, 1.165) is 12.1 Å². The number of carbonyl (C=O) groups excluding carboxylic acids is 2. The number of benzene rings is 2. The van der Waals surface area contributed by atoms with Crippen molar-refractivity contribution >= 4 is 35.0 Å². The molecule has 0 radical (unpaired) electrons. The smallest absolute Gasteiger partial charge is 0.412 e. The zero-order valence-corrected chi connectivity index (χ0v) is 15.1. The van der Waals surface area contributed by atoms with Gasteiger partial charge in [0.15, 0.2) is 5.82 Å². The lowest BCUT2D eigenvalue weighted by atomic mass is 10.1. The van der Waals surface area contributed by atoms with E-state index >= 15 is 0 Å². The van der Waals surface area contributed by atoms with Crippen LogP contribution < -0.4 is 10.6 Å². The molecule has 0 atom stereocenters. The summed E-state index contributed by atoms with van der Waals surface area (Å²) >= 11 is 5.93. The van der Waals surface area contributed by atoms with E-state index in [0.29, 0.717) is 0 Å². The van der Waals surface area contributed by atoms with Gasteiger partial charge in [-0.05, 0) is 57.2 Å². The van der Waals surface area contributed by atoms with Crippen molar-refractivity contribution in [3.05, 3.63) is 58.6 Å². The fraction of sp³-hybridized carbons (Fsp3) is 0.222. The highest BCUT2D eigenvalue weighted by Gasteiger charge is 2.22. The summed E-state index contributed by atoms with van der Waals surface area (Å²) in [6.07, 6.45) is -0.872. The van der Waals surface area contributed by atoms with Crippen molar-refractivity contribution in [2.24, 2.45) is 0 Å². The summed E-state index contributed by atoms with van der Waals surface area (Å²) in [7, 11) is 0. The van der Waals surface area contributed by atoms with Crippen molar-refractivity contribution < 1.29 is 23.1 Å². The van der Waals surface area contributed by atoms with Crippen molar-refractivity contribution in [3.63, 3.8) is 0 Å². The molecule has 0 aliphatic rings. The zero-order chi connectivity index (χ0) is 19.5. The number of carbonyl (C=O) groups is 2. The second-order valence-corrected chi connectivity index (χ2v) is 6.78. The Morgan fingerprint density at radius 2 is 1.62 bits per heavy atom. The highest BCUT2D eigenvalue weighted by Crippen LogP contribution is 2.27. The maximum Gasteiger partial charge on any atom is 0.412 e. The molecule has 2 amide bonds. The first-order valence-electron chi connectivity index (χ1n) is 7.62. The Kier molecular flexibility index (Phi) is 5.82. The summed E-state index contributed by atoms with van der Waals surface area (Å²) in [4.78, 5) is 24.1. The van der Waals surface area contributed by atoms with Crippen LogP contribution in [0.4, 0.5) is 25.0 Å². The molecule has 2 aromatic carbocycles. The van der Waals surface area contributed by atoms with Crippen LogP contribution >= 0.6 is 11.6 Å². The fourth-order valence-electron chi connectivity index (χ4n) is 2.00. The van der Waals surface area contributed by atoms with Crippen molar-refractivity contribution in [2.75, 3.05) is 10.6 Å². The van der Waals surface area contributed by atoms with Gasteiger partial charge in [0.1, 0.15) is 11.4 Å². The topological polar surface area (TPSA) is 67.4 Å². The first kappa shape index (κ1) is 19.7. The maximum absolute atomic E-state index is 14.7. The third-order valence-corrected chi connectivity index (χ3v) is 3.37. The molecule has 8 heteroatoms. The van der Waals surface area contributed by atoms with Gasteiger partial charge in [0.2, 0.25) is 0 Å². The van der Waals surface area contributed by atoms with E-state index in [4.69, 9.17) is 16.3 Å². The fourth-order valence-corrected chi connectivity index (χ4v) is 2.23. The van der Waals surface area contributed by atoms with E-state index < -0.39 is 34.8 Å². The molecule has 138 valence electrons. The minimum Gasteiger partial charge on any atom is -0.444 e. The molecule has 0 saturated carbocycles. The van der Waals surface area contributed by atoms with Gasteiger partial charge in [0.25, 0.3) is 5.91 Å². The van der Waals surface area contributed by atoms with Crippen LogP contribution in [0.25, 0.3) is 0 Å². The summed E-state index contributed by atoms with van der Waals surface area (Å²) in [6, 6.07) is 7.43. The molecule has 2 aromatic rings. The third kappa shape index (κ3) is 5.16. The normalized spacial score (nSPS) is 11.0. The number of anilines is 2. The van der Waals surface area contributed by atoms with Gasteiger partial charge < -0.3 is 10.1 Å². The lowest BCUT2D eigenvalue weighted by molar-refractivity contribution is 0.0634. The van der Waals surface area contributed by atoms with E-state index in [1.54, 1.807) is 20.8 Å². The minimum absolute atomic E-state index is 0.142. The van der Waals surface area contributed by atoms with Gasteiger partial charge in [0.05, 0.1) is 16.3 Å². The van der Waals surface area contributed by atoms with Gasteiger partial charge in [-0.25, -0.2) is 13.6 Å². The van der Waals surface area contributed by atoms with Crippen LogP contribution in [0.1, 0.15) is 31.1 Å². The molecule has 0 saturated heterocycles. The lowest BCUT2D eigenvalue weighted by Crippen LogP contribution is -2.27. The first-order valence-corrected chi connectivity index (χ1v) is 7.99. The molecule has 2 rings (SSSR count). The molecule has 0 bridgehead atoms. The third-order valence-electron chi connectivity index (χ3n) is 3.06. The van der Waals surface area contributed by atoms with Gasteiger partial charge in [-0.2, -0.15) is 0 Å². The van der Waals surface area contributed by atoms with E-state index in [9.17, 15) is 18.4 Å². The van der Waals surface area contributed by atoms with Gasteiger partial charge in [-0.3, -0.25) is 10.1 Å².